The van der Waals surface area contributed by atoms with E-state index in [9.17, 15) is 10.4 Å². The van der Waals surface area contributed by atoms with Crippen molar-refractivity contribution >= 4 is 22.8 Å². The normalized spacial score (nSPS) is 14.8. The highest BCUT2D eigenvalue weighted by atomic mass is 32.1. The van der Waals surface area contributed by atoms with E-state index in [0.29, 0.717) is 11.4 Å². The van der Waals surface area contributed by atoms with Gasteiger partial charge in [-0.2, -0.15) is 4.74 Å². The lowest BCUT2D eigenvalue weighted by molar-refractivity contribution is -0.476. The summed E-state index contributed by atoms with van der Waals surface area (Å²) >= 11 is 1.51. The number of benzene rings is 1. The molecular weight excluding hydrogens is 272 g/mol. The lowest BCUT2D eigenvalue weighted by Gasteiger charge is -2.16. The number of nitrogens with zero attached hydrogens (tertiary/aromatic N) is 2. The van der Waals surface area contributed by atoms with E-state index in [0.717, 1.165) is 15.2 Å². The molecule has 0 saturated heterocycles. The Morgan fingerprint density at radius 1 is 1.25 bits per heavy atom. The smallest absolute Gasteiger partial charge is 0.206 e. The molecule has 0 fully saturated rings. The van der Waals surface area contributed by atoms with Crippen LogP contribution in [0, 0.1) is 5.21 Å². The van der Waals surface area contributed by atoms with E-state index >= 15 is 0 Å². The molecule has 1 heterocycles. The van der Waals surface area contributed by atoms with Crippen molar-refractivity contribution in [3.05, 3.63) is 63.5 Å². The molecule has 1 atom stereocenters. The summed E-state index contributed by atoms with van der Waals surface area (Å²) in [5, 5.41) is 26.9. The third-order valence-corrected chi connectivity index (χ3v) is 4.11. The summed E-state index contributed by atoms with van der Waals surface area (Å²) in [4.78, 5) is 0.914. The van der Waals surface area contributed by atoms with Gasteiger partial charge >= 0.3 is 0 Å². The predicted octanol–water partition coefficient (Wildman–Crippen LogP) is 3.33. The monoisotopic (exact) mass is 288 g/mol. The number of hydrogen-bond acceptors (Lipinski definition) is 4. The lowest BCUT2D eigenvalue weighted by atomic mass is 10.0. The average molecular weight is 288 g/mol. The highest BCUT2D eigenvalue weighted by molar-refractivity contribution is 7.12. The second-order valence-corrected chi connectivity index (χ2v) is 5.36. The average Bonchev–Trinajstić information content (AvgIpc) is 3.01. The molecule has 1 unspecified atom stereocenters. The second-order valence-electron chi connectivity index (χ2n) is 4.42. The minimum Gasteiger partial charge on any atom is -0.623 e. The first-order valence-corrected chi connectivity index (χ1v) is 7.14. The van der Waals surface area contributed by atoms with Crippen molar-refractivity contribution in [3.63, 3.8) is 0 Å². The predicted molar refractivity (Wildman–Crippen MR) is 82.0 cm³/mol. The molecule has 4 nitrogen and oxygen atoms in total. The van der Waals surface area contributed by atoms with Crippen LogP contribution in [0.2, 0.25) is 0 Å². The maximum absolute atomic E-state index is 12.4. The summed E-state index contributed by atoms with van der Waals surface area (Å²) in [6, 6.07) is 12.4. The highest BCUT2D eigenvalue weighted by Gasteiger charge is 2.23. The van der Waals surface area contributed by atoms with Gasteiger partial charge in [0.05, 0.1) is 4.88 Å². The molecule has 0 aliphatic rings. The summed E-state index contributed by atoms with van der Waals surface area (Å²) in [5.41, 5.74) is 1.71. The number of hydroxylamine groups is 1. The van der Waals surface area contributed by atoms with Crippen LogP contribution in [0.4, 0.5) is 0 Å². The third kappa shape index (κ3) is 2.88. The van der Waals surface area contributed by atoms with Crippen LogP contribution in [0.3, 0.4) is 0 Å². The van der Waals surface area contributed by atoms with Gasteiger partial charge in [-0.1, -0.05) is 41.6 Å². The van der Waals surface area contributed by atoms with E-state index in [1.165, 1.54) is 11.3 Å². The molecule has 1 aromatic carbocycles. The Hall–Kier alpha value is -2.14. The fraction of sp³-hybridized carbons (Fsp3) is 0.200. The topological polar surface area (TPSA) is 58.7 Å². The molecule has 2 rings (SSSR count). The molecule has 5 heteroatoms. The van der Waals surface area contributed by atoms with Crippen LogP contribution in [-0.2, 0) is 0 Å². The lowest BCUT2D eigenvalue weighted by Crippen LogP contribution is -2.32. The third-order valence-electron chi connectivity index (χ3n) is 3.13. The zero-order chi connectivity index (χ0) is 14.5. The van der Waals surface area contributed by atoms with E-state index in [4.69, 9.17) is 0 Å². The van der Waals surface area contributed by atoms with E-state index in [1.807, 2.05) is 47.8 Å². The van der Waals surface area contributed by atoms with Gasteiger partial charge in [-0.3, -0.25) is 0 Å². The van der Waals surface area contributed by atoms with Crippen LogP contribution in [0.25, 0.3) is 0 Å². The van der Waals surface area contributed by atoms with Gasteiger partial charge in [-0.15, -0.1) is 11.3 Å². The van der Waals surface area contributed by atoms with Crippen molar-refractivity contribution in [2.75, 3.05) is 0 Å². The Bertz CT molecular complexity index is 619. The summed E-state index contributed by atoms with van der Waals surface area (Å²) < 4.78 is 0.883. The van der Waals surface area contributed by atoms with E-state index < -0.39 is 6.04 Å². The van der Waals surface area contributed by atoms with Gasteiger partial charge in [0.2, 0.25) is 11.8 Å². The van der Waals surface area contributed by atoms with Crippen LogP contribution in [0.5, 0.6) is 0 Å². The molecule has 2 aromatic rings. The summed E-state index contributed by atoms with van der Waals surface area (Å²) in [6.07, 6.45) is 0. The Morgan fingerprint density at radius 2 is 1.95 bits per heavy atom. The Morgan fingerprint density at radius 3 is 2.50 bits per heavy atom. The number of oxime groups is 1. The fourth-order valence-corrected chi connectivity index (χ4v) is 2.71. The largest absolute Gasteiger partial charge is 0.623 e. The van der Waals surface area contributed by atoms with Crippen molar-refractivity contribution < 1.29 is 9.95 Å². The molecule has 0 amide bonds. The van der Waals surface area contributed by atoms with Gasteiger partial charge in [0, 0.05) is 19.4 Å². The molecule has 1 aromatic heterocycles. The van der Waals surface area contributed by atoms with Crippen molar-refractivity contribution in [3.8, 4) is 0 Å². The number of hydrogen-bond donors (Lipinski definition) is 1. The first-order chi connectivity index (χ1) is 9.65. The highest BCUT2D eigenvalue weighted by Crippen LogP contribution is 2.13. The minimum atomic E-state index is -0.565. The van der Waals surface area contributed by atoms with Gasteiger partial charge in [0.25, 0.3) is 0 Å². The molecule has 1 N–H and O–H groups in total. The molecule has 0 aliphatic heterocycles. The van der Waals surface area contributed by atoms with Crippen molar-refractivity contribution in [1.29, 1.82) is 0 Å². The summed E-state index contributed by atoms with van der Waals surface area (Å²) in [5.74, 6) is 0. The molecule has 0 radical (unpaired) electrons. The van der Waals surface area contributed by atoms with Gasteiger partial charge in [0.1, 0.15) is 0 Å². The quantitative estimate of drug-likeness (QED) is 0.308. The molecule has 0 saturated carbocycles. The minimum absolute atomic E-state index is 0.358. The van der Waals surface area contributed by atoms with Gasteiger partial charge in [-0.25, -0.2) is 0 Å². The molecule has 0 aliphatic carbocycles. The molecule has 0 spiro atoms. The first kappa shape index (κ1) is 14.3. The summed E-state index contributed by atoms with van der Waals surface area (Å²) in [6.45, 7) is 3.50. The van der Waals surface area contributed by atoms with E-state index in [2.05, 4.69) is 5.16 Å². The second kappa shape index (κ2) is 6.34. The Balaban J connectivity index is 2.35. The fourth-order valence-electron chi connectivity index (χ4n) is 1.99. The van der Waals surface area contributed by atoms with Crippen molar-refractivity contribution in [2.45, 2.75) is 19.9 Å². The van der Waals surface area contributed by atoms with Gasteiger partial charge < -0.3 is 10.4 Å². The van der Waals surface area contributed by atoms with Gasteiger partial charge in [0.15, 0.2) is 5.71 Å². The molecule has 0 bridgehead atoms. The van der Waals surface area contributed by atoms with Crippen LogP contribution >= 0.6 is 11.3 Å². The zero-order valence-corrected chi connectivity index (χ0v) is 12.2. The van der Waals surface area contributed by atoms with E-state index in [-0.39, 0.29) is 0 Å². The maximum atomic E-state index is 12.4. The zero-order valence-electron chi connectivity index (χ0n) is 11.4. The SMILES string of the molecule is CC(c1cccs1)=[N+]([O-])C(C)C(=NO)c1ccccc1. The number of rotatable bonds is 4. The Kier molecular flexibility index (Phi) is 4.53. The Labute approximate surface area is 121 Å². The maximum Gasteiger partial charge on any atom is 0.206 e. The first-order valence-electron chi connectivity index (χ1n) is 6.26. The summed E-state index contributed by atoms with van der Waals surface area (Å²) in [7, 11) is 0. The molecule has 104 valence electrons. The van der Waals surface area contributed by atoms with Gasteiger partial charge in [-0.05, 0) is 11.4 Å². The molecule has 20 heavy (non-hydrogen) atoms. The van der Waals surface area contributed by atoms with E-state index in [1.54, 1.807) is 13.8 Å². The van der Waals surface area contributed by atoms with Crippen molar-refractivity contribution in [1.82, 2.24) is 0 Å². The van der Waals surface area contributed by atoms with Crippen LogP contribution in [0.15, 0.2) is 53.0 Å². The standard InChI is InChI=1S/C15H16N2O2S/c1-11(14-9-6-10-20-14)17(19)12(2)15(16-18)13-7-4-3-5-8-13/h3-10,12,18H,1-2H3. The van der Waals surface area contributed by atoms with Crippen LogP contribution < -0.4 is 0 Å². The van der Waals surface area contributed by atoms with Crippen molar-refractivity contribution in [2.24, 2.45) is 5.16 Å². The van der Waals surface area contributed by atoms with Crippen LogP contribution in [0.1, 0.15) is 24.3 Å². The molecular formula is C15H16N2O2S. The van der Waals surface area contributed by atoms with Crippen LogP contribution in [-0.4, -0.2) is 27.4 Å². The number of thiophene rings is 1.